The Hall–Kier alpha value is -3.08. The van der Waals surface area contributed by atoms with Crippen LogP contribution in [0, 0.1) is 11.3 Å². The first kappa shape index (κ1) is 14.8. The minimum Gasteiger partial charge on any atom is -0.346 e. The highest BCUT2D eigenvalue weighted by Crippen LogP contribution is 2.16. The van der Waals surface area contributed by atoms with Crippen LogP contribution in [0.5, 0.6) is 0 Å². The van der Waals surface area contributed by atoms with Crippen molar-refractivity contribution in [2.45, 2.75) is 18.9 Å². The zero-order valence-electron chi connectivity index (χ0n) is 12.4. The van der Waals surface area contributed by atoms with Crippen molar-refractivity contribution in [1.29, 1.82) is 5.26 Å². The molecule has 8 nitrogen and oxygen atoms in total. The molecule has 116 valence electrons. The molecule has 8 heteroatoms. The molecule has 3 heterocycles. The third-order valence-corrected chi connectivity index (χ3v) is 3.61. The van der Waals surface area contributed by atoms with Crippen LogP contribution in [0.15, 0.2) is 30.9 Å². The van der Waals surface area contributed by atoms with Gasteiger partial charge in [-0.15, -0.1) is 0 Å². The number of hydrogen-bond donors (Lipinski definition) is 1. The van der Waals surface area contributed by atoms with E-state index >= 15 is 0 Å². The number of carbonyl (C=O) groups is 1. The van der Waals surface area contributed by atoms with Crippen molar-refractivity contribution in [3.8, 4) is 6.07 Å². The molecule has 1 saturated heterocycles. The molecule has 1 fully saturated rings. The predicted molar refractivity (Wildman–Crippen MR) is 81.5 cm³/mol. The van der Waals surface area contributed by atoms with Gasteiger partial charge in [0.2, 0.25) is 5.95 Å². The fraction of sp³-hybridized carbons (Fsp3) is 0.333. The summed E-state index contributed by atoms with van der Waals surface area (Å²) in [5, 5.41) is 11.9. The summed E-state index contributed by atoms with van der Waals surface area (Å²) in [6.07, 6.45) is 6.25. The Morgan fingerprint density at radius 2 is 2.26 bits per heavy atom. The Kier molecular flexibility index (Phi) is 4.38. The molecule has 3 rings (SSSR count). The number of rotatable bonds is 3. The Balaban J connectivity index is 1.66. The van der Waals surface area contributed by atoms with Gasteiger partial charge in [0.1, 0.15) is 23.8 Å². The maximum atomic E-state index is 12.2. The first-order chi connectivity index (χ1) is 11.3. The van der Waals surface area contributed by atoms with Crippen LogP contribution in [0.4, 0.5) is 5.95 Å². The Morgan fingerprint density at radius 1 is 1.35 bits per heavy atom. The number of nitrogens with one attached hydrogen (secondary N) is 1. The molecular weight excluding hydrogens is 294 g/mol. The van der Waals surface area contributed by atoms with Gasteiger partial charge in [0.15, 0.2) is 0 Å². The van der Waals surface area contributed by atoms with E-state index in [1.165, 1.54) is 12.5 Å². The highest BCUT2D eigenvalue weighted by atomic mass is 16.1. The van der Waals surface area contributed by atoms with Crippen LogP contribution in [0.1, 0.15) is 29.0 Å². The van der Waals surface area contributed by atoms with Crippen molar-refractivity contribution in [1.82, 2.24) is 25.3 Å². The summed E-state index contributed by atoms with van der Waals surface area (Å²) in [5.41, 5.74) is 0.682. The molecule has 0 spiro atoms. The van der Waals surface area contributed by atoms with E-state index in [4.69, 9.17) is 5.26 Å². The molecule has 0 radical (unpaired) electrons. The first-order valence-electron chi connectivity index (χ1n) is 7.31. The molecule has 2 aromatic rings. The van der Waals surface area contributed by atoms with Gasteiger partial charge >= 0.3 is 0 Å². The normalized spacial score (nSPS) is 17.3. The van der Waals surface area contributed by atoms with Gasteiger partial charge in [0, 0.05) is 31.5 Å². The maximum Gasteiger partial charge on any atom is 0.270 e. The second kappa shape index (κ2) is 6.79. The number of nitriles is 1. The van der Waals surface area contributed by atoms with Crippen LogP contribution in [0.25, 0.3) is 0 Å². The molecule has 1 N–H and O–H groups in total. The second-order valence-electron chi connectivity index (χ2n) is 5.21. The Morgan fingerprint density at radius 3 is 3.04 bits per heavy atom. The number of amides is 1. The number of nitrogens with zero attached hydrogens (tertiary/aromatic N) is 6. The van der Waals surface area contributed by atoms with E-state index < -0.39 is 0 Å². The number of anilines is 1. The van der Waals surface area contributed by atoms with Gasteiger partial charge in [-0.1, -0.05) is 0 Å². The van der Waals surface area contributed by atoms with Gasteiger partial charge < -0.3 is 10.2 Å². The van der Waals surface area contributed by atoms with Crippen molar-refractivity contribution in [2.75, 3.05) is 18.0 Å². The van der Waals surface area contributed by atoms with Gasteiger partial charge in [0.25, 0.3) is 5.91 Å². The lowest BCUT2D eigenvalue weighted by molar-refractivity contribution is 0.0928. The van der Waals surface area contributed by atoms with Crippen molar-refractivity contribution >= 4 is 11.9 Å². The number of carbonyl (C=O) groups excluding carboxylic acids is 1. The first-order valence-corrected chi connectivity index (χ1v) is 7.31. The fourth-order valence-corrected chi connectivity index (χ4v) is 2.52. The van der Waals surface area contributed by atoms with E-state index in [0.717, 1.165) is 19.4 Å². The summed E-state index contributed by atoms with van der Waals surface area (Å²) in [6.45, 7) is 1.40. The van der Waals surface area contributed by atoms with Gasteiger partial charge in [-0.3, -0.25) is 4.79 Å². The van der Waals surface area contributed by atoms with Gasteiger partial charge in [-0.05, 0) is 25.0 Å². The lowest BCUT2D eigenvalue weighted by Crippen LogP contribution is -2.48. The zero-order chi connectivity index (χ0) is 16.1. The number of hydrogen-bond acceptors (Lipinski definition) is 7. The molecule has 0 saturated carbocycles. The fourth-order valence-electron chi connectivity index (χ4n) is 2.52. The van der Waals surface area contributed by atoms with Crippen LogP contribution in [-0.2, 0) is 0 Å². The third-order valence-electron chi connectivity index (χ3n) is 3.61. The molecule has 0 bridgehead atoms. The van der Waals surface area contributed by atoms with Crippen LogP contribution < -0.4 is 10.2 Å². The lowest BCUT2D eigenvalue weighted by atomic mass is 10.1. The molecule has 1 amide bonds. The maximum absolute atomic E-state index is 12.2. The summed E-state index contributed by atoms with van der Waals surface area (Å²) in [5.74, 6) is 0.302. The summed E-state index contributed by atoms with van der Waals surface area (Å²) < 4.78 is 0. The van der Waals surface area contributed by atoms with Crippen molar-refractivity contribution < 1.29 is 4.79 Å². The van der Waals surface area contributed by atoms with E-state index in [0.29, 0.717) is 23.9 Å². The molecular formula is C15H15N7O. The summed E-state index contributed by atoms with van der Waals surface area (Å²) >= 11 is 0. The predicted octanol–water partition coefficient (Wildman–Crippen LogP) is 0.537. The molecule has 0 aliphatic carbocycles. The largest absolute Gasteiger partial charge is 0.346 e. The SMILES string of the molecule is N#Cc1ccnc(N2CCCC(NC(=O)c3ccncn3)C2)n1. The van der Waals surface area contributed by atoms with Gasteiger partial charge in [-0.2, -0.15) is 5.26 Å². The van der Waals surface area contributed by atoms with Crippen LogP contribution in [-0.4, -0.2) is 45.0 Å². The van der Waals surface area contributed by atoms with E-state index in [-0.39, 0.29) is 11.9 Å². The summed E-state index contributed by atoms with van der Waals surface area (Å²) in [7, 11) is 0. The minimum atomic E-state index is -0.217. The molecule has 1 atom stereocenters. The Labute approximate surface area is 133 Å². The molecule has 23 heavy (non-hydrogen) atoms. The van der Waals surface area contributed by atoms with E-state index in [2.05, 4.69) is 25.3 Å². The molecule has 2 aromatic heterocycles. The highest BCUT2D eigenvalue weighted by molar-refractivity contribution is 5.92. The van der Waals surface area contributed by atoms with Crippen molar-refractivity contribution in [3.63, 3.8) is 0 Å². The average molecular weight is 309 g/mol. The summed E-state index contributed by atoms with van der Waals surface area (Å²) in [4.78, 5) is 30.3. The van der Waals surface area contributed by atoms with Gasteiger partial charge in [0.05, 0.1) is 0 Å². The zero-order valence-corrected chi connectivity index (χ0v) is 12.4. The van der Waals surface area contributed by atoms with E-state index in [9.17, 15) is 4.79 Å². The standard InChI is InChI=1S/C15H15N7O/c16-8-11-3-6-18-15(21-11)22-7-1-2-12(9-22)20-14(23)13-4-5-17-10-19-13/h3-6,10,12H,1-2,7,9H2,(H,20,23). The average Bonchev–Trinajstić information content (AvgIpc) is 2.63. The van der Waals surface area contributed by atoms with Crippen molar-refractivity contribution in [2.24, 2.45) is 0 Å². The smallest absolute Gasteiger partial charge is 0.270 e. The summed E-state index contributed by atoms with van der Waals surface area (Å²) in [6, 6.07) is 5.15. The lowest BCUT2D eigenvalue weighted by Gasteiger charge is -2.33. The minimum absolute atomic E-state index is 0.0134. The quantitative estimate of drug-likeness (QED) is 0.881. The number of aromatic nitrogens is 4. The van der Waals surface area contributed by atoms with Crippen LogP contribution in [0.3, 0.4) is 0 Å². The number of piperidine rings is 1. The molecule has 1 aliphatic rings. The second-order valence-corrected chi connectivity index (χ2v) is 5.21. The Bertz CT molecular complexity index is 728. The van der Waals surface area contributed by atoms with Gasteiger partial charge in [-0.25, -0.2) is 19.9 Å². The highest BCUT2D eigenvalue weighted by Gasteiger charge is 2.24. The molecule has 0 aromatic carbocycles. The van der Waals surface area contributed by atoms with Crippen LogP contribution >= 0.6 is 0 Å². The van der Waals surface area contributed by atoms with Crippen LogP contribution in [0.2, 0.25) is 0 Å². The van der Waals surface area contributed by atoms with E-state index in [1.807, 2.05) is 11.0 Å². The van der Waals surface area contributed by atoms with Crippen molar-refractivity contribution in [3.05, 3.63) is 42.2 Å². The third kappa shape index (κ3) is 3.58. The molecule has 1 unspecified atom stereocenters. The topological polar surface area (TPSA) is 108 Å². The monoisotopic (exact) mass is 309 g/mol. The molecule has 1 aliphatic heterocycles. The van der Waals surface area contributed by atoms with E-state index in [1.54, 1.807) is 18.3 Å².